The molecule has 3 aromatic carbocycles. The van der Waals surface area contributed by atoms with Gasteiger partial charge in [-0.3, -0.25) is 9.36 Å². The second-order valence-electron chi connectivity index (χ2n) is 7.77. The highest BCUT2D eigenvalue weighted by molar-refractivity contribution is 7.99. The average molecular weight is 488 g/mol. The van der Waals surface area contributed by atoms with E-state index in [2.05, 4.69) is 20.5 Å². The van der Waals surface area contributed by atoms with Crippen molar-refractivity contribution in [3.05, 3.63) is 78.7 Å². The Bertz CT molecular complexity index is 1550. The molecule has 2 aromatic heterocycles. The number of carbonyl (C=O) groups is 1. The molecule has 2 N–H and O–H groups in total. The highest BCUT2D eigenvalue weighted by atomic mass is 32.2. The number of anilines is 1. The van der Waals surface area contributed by atoms with Gasteiger partial charge in [0.2, 0.25) is 12.7 Å². The maximum absolute atomic E-state index is 13.6. The molecule has 0 radical (unpaired) electrons. The van der Waals surface area contributed by atoms with Crippen LogP contribution < -0.4 is 14.8 Å². The topological polar surface area (TPSA) is 94.1 Å². The third-order valence-electron chi connectivity index (χ3n) is 5.54. The van der Waals surface area contributed by atoms with E-state index in [-0.39, 0.29) is 24.3 Å². The van der Waals surface area contributed by atoms with E-state index in [0.717, 1.165) is 16.5 Å². The monoisotopic (exact) mass is 487 g/mol. The Labute approximate surface area is 203 Å². The molecule has 5 aromatic rings. The van der Waals surface area contributed by atoms with E-state index >= 15 is 0 Å². The van der Waals surface area contributed by atoms with Crippen LogP contribution in [0.5, 0.6) is 11.5 Å². The summed E-state index contributed by atoms with van der Waals surface area (Å²) in [6, 6.07) is 19.2. The Balaban J connectivity index is 1.29. The predicted molar refractivity (Wildman–Crippen MR) is 131 cm³/mol. The number of rotatable bonds is 6. The number of aromatic amines is 1. The van der Waals surface area contributed by atoms with E-state index in [1.54, 1.807) is 30.3 Å². The van der Waals surface area contributed by atoms with Gasteiger partial charge in [0.05, 0.1) is 5.75 Å². The van der Waals surface area contributed by atoms with E-state index < -0.39 is 0 Å². The third-order valence-corrected chi connectivity index (χ3v) is 6.47. The third kappa shape index (κ3) is 4.08. The fraction of sp³-hybridized carbons (Fsp3) is 0.0800. The van der Waals surface area contributed by atoms with Crippen LogP contribution >= 0.6 is 11.8 Å². The number of para-hydroxylation sites is 1. The van der Waals surface area contributed by atoms with E-state index in [0.29, 0.717) is 33.9 Å². The standard InChI is InChI=1S/C25H18FN5O3S/c26-15-5-8-17(9-6-15)31-24(19-12-27-20-4-2-1-3-18(19)20)29-30-25(31)35-13-23(32)28-16-7-10-21-22(11-16)34-14-33-21/h1-12,27H,13-14H2,(H,28,32). The molecule has 0 aliphatic carbocycles. The van der Waals surface area contributed by atoms with Crippen molar-refractivity contribution >= 4 is 34.3 Å². The molecule has 1 aliphatic rings. The lowest BCUT2D eigenvalue weighted by Crippen LogP contribution is -2.14. The van der Waals surface area contributed by atoms with Gasteiger partial charge in [-0.15, -0.1) is 10.2 Å². The number of nitrogens with zero attached hydrogens (tertiary/aromatic N) is 3. The summed E-state index contributed by atoms with van der Waals surface area (Å²) in [6.07, 6.45) is 1.87. The molecule has 0 atom stereocenters. The van der Waals surface area contributed by atoms with E-state index in [9.17, 15) is 9.18 Å². The first kappa shape index (κ1) is 21.2. The zero-order chi connectivity index (χ0) is 23.8. The molecule has 0 spiro atoms. The van der Waals surface area contributed by atoms with Crippen LogP contribution in [-0.2, 0) is 4.79 Å². The lowest BCUT2D eigenvalue weighted by atomic mass is 10.1. The van der Waals surface area contributed by atoms with Gasteiger partial charge < -0.3 is 19.8 Å². The molecule has 1 amide bonds. The Morgan fingerprint density at radius 2 is 1.89 bits per heavy atom. The lowest BCUT2D eigenvalue weighted by Gasteiger charge is -2.10. The molecule has 6 rings (SSSR count). The van der Waals surface area contributed by atoms with Gasteiger partial charge >= 0.3 is 0 Å². The smallest absolute Gasteiger partial charge is 0.234 e. The molecule has 174 valence electrons. The number of carbonyl (C=O) groups excluding carboxylic acids is 1. The number of ether oxygens (including phenoxy) is 2. The number of hydrogen-bond acceptors (Lipinski definition) is 6. The van der Waals surface area contributed by atoms with Crippen LogP contribution in [0.3, 0.4) is 0 Å². The Morgan fingerprint density at radius 1 is 1.06 bits per heavy atom. The van der Waals surface area contributed by atoms with Crippen LogP contribution in [0.15, 0.2) is 78.1 Å². The van der Waals surface area contributed by atoms with Gasteiger partial charge in [0.15, 0.2) is 22.5 Å². The lowest BCUT2D eigenvalue weighted by molar-refractivity contribution is -0.113. The number of benzene rings is 3. The highest BCUT2D eigenvalue weighted by Gasteiger charge is 2.20. The molecule has 3 heterocycles. The summed E-state index contributed by atoms with van der Waals surface area (Å²) in [5.74, 6) is 1.38. The summed E-state index contributed by atoms with van der Waals surface area (Å²) in [5.41, 5.74) is 3.12. The van der Waals surface area contributed by atoms with E-state index in [1.165, 1.54) is 23.9 Å². The Kier molecular flexibility index (Phi) is 5.34. The first-order valence-corrected chi connectivity index (χ1v) is 11.7. The second kappa shape index (κ2) is 8.80. The van der Waals surface area contributed by atoms with Crippen LogP contribution in [0, 0.1) is 5.82 Å². The fourth-order valence-electron chi connectivity index (χ4n) is 3.92. The van der Waals surface area contributed by atoms with Gasteiger partial charge in [-0.2, -0.15) is 0 Å². The van der Waals surface area contributed by atoms with Crippen molar-refractivity contribution in [2.24, 2.45) is 0 Å². The summed E-state index contributed by atoms with van der Waals surface area (Å²) in [6.45, 7) is 0.167. The molecule has 10 heteroatoms. The first-order chi connectivity index (χ1) is 17.2. The van der Waals surface area contributed by atoms with Crippen molar-refractivity contribution in [1.82, 2.24) is 19.7 Å². The molecule has 0 bridgehead atoms. The van der Waals surface area contributed by atoms with Gasteiger partial charge in [0.1, 0.15) is 5.82 Å². The number of fused-ring (bicyclic) bond motifs is 2. The number of hydrogen-bond donors (Lipinski definition) is 2. The van der Waals surface area contributed by atoms with E-state index in [4.69, 9.17) is 9.47 Å². The minimum absolute atomic E-state index is 0.0989. The average Bonchev–Trinajstić information content (AvgIpc) is 3.61. The van der Waals surface area contributed by atoms with Gasteiger partial charge in [0, 0.05) is 40.1 Å². The normalized spacial score (nSPS) is 12.3. The van der Waals surface area contributed by atoms with Crippen LogP contribution in [0.4, 0.5) is 10.1 Å². The Morgan fingerprint density at radius 3 is 2.77 bits per heavy atom. The van der Waals surface area contributed by atoms with Crippen molar-refractivity contribution in [2.75, 3.05) is 17.9 Å². The molecular weight excluding hydrogens is 469 g/mol. The fourth-order valence-corrected chi connectivity index (χ4v) is 4.67. The molecule has 1 aliphatic heterocycles. The predicted octanol–water partition coefficient (Wildman–Crippen LogP) is 5.01. The SMILES string of the molecule is O=C(CSc1nnc(-c2c[nH]c3ccccc23)n1-c1ccc(F)cc1)Nc1ccc2c(c1)OCO2. The minimum Gasteiger partial charge on any atom is -0.454 e. The van der Waals surface area contributed by atoms with Crippen molar-refractivity contribution in [1.29, 1.82) is 0 Å². The van der Waals surface area contributed by atoms with Crippen LogP contribution in [-0.4, -0.2) is 38.2 Å². The second-order valence-corrected chi connectivity index (χ2v) is 8.71. The summed E-state index contributed by atoms with van der Waals surface area (Å²) in [5, 5.41) is 13.1. The number of halogens is 1. The van der Waals surface area contributed by atoms with Crippen molar-refractivity contribution in [3.8, 4) is 28.6 Å². The highest BCUT2D eigenvalue weighted by Crippen LogP contribution is 2.35. The first-order valence-electron chi connectivity index (χ1n) is 10.8. The zero-order valence-corrected chi connectivity index (χ0v) is 19.0. The summed E-state index contributed by atoms with van der Waals surface area (Å²) < 4.78 is 26.1. The number of nitrogens with one attached hydrogen (secondary N) is 2. The van der Waals surface area contributed by atoms with Gasteiger partial charge in [0.25, 0.3) is 0 Å². The van der Waals surface area contributed by atoms with Crippen LogP contribution in [0.25, 0.3) is 28.0 Å². The summed E-state index contributed by atoms with van der Waals surface area (Å²) >= 11 is 1.24. The molecule has 8 nitrogen and oxygen atoms in total. The minimum atomic E-state index is -0.340. The molecule has 0 fully saturated rings. The summed E-state index contributed by atoms with van der Waals surface area (Å²) in [4.78, 5) is 15.9. The maximum atomic E-state index is 13.6. The van der Waals surface area contributed by atoms with Crippen LogP contribution in [0.2, 0.25) is 0 Å². The summed E-state index contributed by atoms with van der Waals surface area (Å²) in [7, 11) is 0. The zero-order valence-electron chi connectivity index (χ0n) is 18.2. The van der Waals surface area contributed by atoms with Gasteiger partial charge in [-0.05, 0) is 42.5 Å². The van der Waals surface area contributed by atoms with E-state index in [1.807, 2.05) is 35.0 Å². The Hall–Kier alpha value is -4.31. The van der Waals surface area contributed by atoms with Gasteiger partial charge in [-0.1, -0.05) is 30.0 Å². The number of amides is 1. The van der Waals surface area contributed by atoms with Crippen LogP contribution in [0.1, 0.15) is 0 Å². The molecule has 35 heavy (non-hydrogen) atoms. The van der Waals surface area contributed by atoms with Gasteiger partial charge in [-0.25, -0.2) is 4.39 Å². The molecule has 0 saturated carbocycles. The largest absolute Gasteiger partial charge is 0.454 e. The van der Waals surface area contributed by atoms with Crippen molar-refractivity contribution in [3.63, 3.8) is 0 Å². The number of H-pyrrole nitrogens is 1. The molecular formula is C25H18FN5O3S. The maximum Gasteiger partial charge on any atom is 0.234 e. The van der Waals surface area contributed by atoms with Crippen molar-refractivity contribution < 1.29 is 18.7 Å². The van der Waals surface area contributed by atoms with Crippen molar-refractivity contribution in [2.45, 2.75) is 5.16 Å². The molecule has 0 unspecified atom stereocenters. The number of aromatic nitrogens is 4. The molecule has 0 saturated heterocycles. The number of thioether (sulfide) groups is 1. The quantitative estimate of drug-likeness (QED) is 0.327.